The lowest BCUT2D eigenvalue weighted by Crippen LogP contribution is -2.44. The van der Waals surface area contributed by atoms with Crippen molar-refractivity contribution in [2.45, 2.75) is 18.9 Å². The number of thiophene rings is 1. The molecule has 1 aromatic heterocycles. The summed E-state index contributed by atoms with van der Waals surface area (Å²) in [6.07, 6.45) is 3.84. The summed E-state index contributed by atoms with van der Waals surface area (Å²) >= 11 is 1.57. The van der Waals surface area contributed by atoms with Crippen LogP contribution in [0.15, 0.2) is 41.1 Å². The summed E-state index contributed by atoms with van der Waals surface area (Å²) < 4.78 is 13.2. The number of nitrogens with zero attached hydrogens (tertiary/aromatic N) is 2. The standard InChI is InChI=1S/C20H23FN2OS.ClH/c1-22-10-7-18(8-11-22)23(2)20(24)19(16-9-12-25-14-16)13-15-3-5-17(21)6-4-15;/h3-6,9,12-14,18H,7-8,10-11H2,1-2H3;1H/b19-13+;. The maximum Gasteiger partial charge on any atom is 0.254 e. The van der Waals surface area contributed by atoms with E-state index < -0.39 is 0 Å². The number of hydrogen-bond donors (Lipinski definition) is 0. The maximum atomic E-state index is 13.2. The first-order chi connectivity index (χ1) is 12.0. The van der Waals surface area contributed by atoms with E-state index in [0.717, 1.165) is 37.1 Å². The maximum absolute atomic E-state index is 13.2. The largest absolute Gasteiger partial charge is 0.339 e. The first kappa shape index (κ1) is 20.6. The van der Waals surface area contributed by atoms with Gasteiger partial charge in [-0.25, -0.2) is 4.39 Å². The van der Waals surface area contributed by atoms with Crippen molar-refractivity contribution >= 4 is 41.3 Å². The second-order valence-corrected chi connectivity index (χ2v) is 7.35. The van der Waals surface area contributed by atoms with Gasteiger partial charge in [-0.2, -0.15) is 11.3 Å². The minimum atomic E-state index is -0.274. The zero-order valence-electron chi connectivity index (χ0n) is 15.0. The number of amides is 1. The van der Waals surface area contributed by atoms with Gasteiger partial charge < -0.3 is 9.80 Å². The molecular formula is C20H24ClFN2OS. The SMILES string of the molecule is CN1CCC(N(C)C(=O)/C(=C/c2ccc(F)cc2)c2ccsc2)CC1.Cl. The third kappa shape index (κ3) is 4.93. The number of likely N-dealkylation sites (N-methyl/N-ethyl adjacent to an activating group) is 1. The molecule has 6 heteroatoms. The smallest absolute Gasteiger partial charge is 0.254 e. The van der Waals surface area contributed by atoms with Gasteiger partial charge in [0, 0.05) is 18.7 Å². The molecule has 0 spiro atoms. The van der Waals surface area contributed by atoms with Crippen LogP contribution in [0.3, 0.4) is 0 Å². The average Bonchev–Trinajstić information content (AvgIpc) is 3.15. The molecule has 1 amide bonds. The minimum Gasteiger partial charge on any atom is -0.339 e. The molecule has 0 aliphatic carbocycles. The first-order valence-electron chi connectivity index (χ1n) is 8.50. The molecule has 26 heavy (non-hydrogen) atoms. The number of hydrogen-bond acceptors (Lipinski definition) is 3. The van der Waals surface area contributed by atoms with Gasteiger partial charge in [-0.15, -0.1) is 12.4 Å². The highest BCUT2D eigenvalue weighted by Crippen LogP contribution is 2.25. The van der Waals surface area contributed by atoms with E-state index >= 15 is 0 Å². The van der Waals surface area contributed by atoms with Crippen molar-refractivity contribution in [3.05, 3.63) is 58.0 Å². The van der Waals surface area contributed by atoms with E-state index in [2.05, 4.69) is 11.9 Å². The Morgan fingerprint density at radius 1 is 1.23 bits per heavy atom. The van der Waals surface area contributed by atoms with E-state index in [1.54, 1.807) is 23.5 Å². The van der Waals surface area contributed by atoms with E-state index in [9.17, 15) is 9.18 Å². The summed E-state index contributed by atoms with van der Waals surface area (Å²) in [4.78, 5) is 17.3. The number of carbonyl (C=O) groups excluding carboxylic acids is 1. The molecule has 1 aliphatic heterocycles. The molecule has 0 unspecified atom stereocenters. The summed E-state index contributed by atoms with van der Waals surface area (Å²) in [7, 11) is 4.01. The normalized spacial score (nSPS) is 16.2. The Hall–Kier alpha value is -1.69. The Morgan fingerprint density at radius 2 is 1.88 bits per heavy atom. The van der Waals surface area contributed by atoms with Crippen molar-refractivity contribution in [1.82, 2.24) is 9.80 Å². The van der Waals surface area contributed by atoms with E-state index in [0.29, 0.717) is 5.57 Å². The fraction of sp³-hybridized carbons (Fsp3) is 0.350. The van der Waals surface area contributed by atoms with Crippen LogP contribution in [-0.4, -0.2) is 48.9 Å². The number of benzene rings is 1. The Balaban J connectivity index is 0.00000243. The van der Waals surface area contributed by atoms with Crippen molar-refractivity contribution in [2.75, 3.05) is 27.2 Å². The Kier molecular flexibility index (Phi) is 7.38. The zero-order valence-corrected chi connectivity index (χ0v) is 16.7. The van der Waals surface area contributed by atoms with E-state index in [-0.39, 0.29) is 30.2 Å². The van der Waals surface area contributed by atoms with Crippen LogP contribution in [0.5, 0.6) is 0 Å². The Bertz CT molecular complexity index is 738. The molecule has 0 bridgehead atoms. The lowest BCUT2D eigenvalue weighted by Gasteiger charge is -2.35. The fourth-order valence-corrected chi connectivity index (χ4v) is 3.81. The minimum absolute atomic E-state index is 0. The van der Waals surface area contributed by atoms with Gasteiger partial charge in [0.2, 0.25) is 0 Å². The van der Waals surface area contributed by atoms with Crippen molar-refractivity contribution in [3.8, 4) is 0 Å². The van der Waals surface area contributed by atoms with Crippen LogP contribution in [0.2, 0.25) is 0 Å². The van der Waals surface area contributed by atoms with Gasteiger partial charge >= 0.3 is 0 Å². The zero-order chi connectivity index (χ0) is 17.8. The van der Waals surface area contributed by atoms with E-state index in [4.69, 9.17) is 0 Å². The summed E-state index contributed by atoms with van der Waals surface area (Å²) in [5, 5.41) is 3.95. The second-order valence-electron chi connectivity index (χ2n) is 6.57. The molecule has 0 radical (unpaired) electrons. The van der Waals surface area contributed by atoms with Gasteiger partial charge in [0.05, 0.1) is 0 Å². The Morgan fingerprint density at radius 3 is 2.46 bits per heavy atom. The van der Waals surface area contributed by atoms with E-state index in [1.807, 2.05) is 34.9 Å². The van der Waals surface area contributed by atoms with Crippen LogP contribution in [0, 0.1) is 5.82 Å². The van der Waals surface area contributed by atoms with Gasteiger partial charge in [-0.1, -0.05) is 12.1 Å². The summed E-state index contributed by atoms with van der Waals surface area (Å²) in [5.41, 5.74) is 2.40. The van der Waals surface area contributed by atoms with Crippen LogP contribution >= 0.6 is 23.7 Å². The van der Waals surface area contributed by atoms with Gasteiger partial charge in [0.1, 0.15) is 5.82 Å². The van der Waals surface area contributed by atoms with Crippen molar-refractivity contribution < 1.29 is 9.18 Å². The predicted octanol–water partition coefficient (Wildman–Crippen LogP) is 4.40. The fourth-order valence-electron chi connectivity index (χ4n) is 3.15. The molecule has 1 aliphatic rings. The number of likely N-dealkylation sites (tertiary alicyclic amines) is 1. The molecular weight excluding hydrogens is 371 g/mol. The molecule has 1 fully saturated rings. The van der Waals surface area contributed by atoms with E-state index in [1.165, 1.54) is 12.1 Å². The van der Waals surface area contributed by atoms with Gasteiger partial charge in [0.25, 0.3) is 5.91 Å². The predicted molar refractivity (Wildman–Crippen MR) is 109 cm³/mol. The van der Waals surface area contributed by atoms with Crippen LogP contribution in [-0.2, 0) is 4.79 Å². The molecule has 1 aromatic carbocycles. The number of halogens is 2. The number of rotatable bonds is 4. The second kappa shape index (κ2) is 9.31. The van der Waals surface area contributed by atoms with Gasteiger partial charge in [-0.05, 0) is 79.1 Å². The summed E-state index contributed by atoms with van der Waals surface area (Å²) in [6, 6.07) is 8.46. The first-order valence-corrected chi connectivity index (χ1v) is 9.44. The van der Waals surface area contributed by atoms with Crippen LogP contribution in [0.1, 0.15) is 24.0 Å². The summed E-state index contributed by atoms with van der Waals surface area (Å²) in [6.45, 7) is 2.02. The highest BCUT2D eigenvalue weighted by molar-refractivity contribution is 7.08. The highest BCUT2D eigenvalue weighted by Gasteiger charge is 2.26. The number of piperidine rings is 1. The summed E-state index contributed by atoms with van der Waals surface area (Å²) in [5.74, 6) is -0.249. The average molecular weight is 395 g/mol. The lowest BCUT2D eigenvalue weighted by atomic mass is 10.00. The van der Waals surface area contributed by atoms with Crippen LogP contribution in [0.25, 0.3) is 11.6 Å². The van der Waals surface area contributed by atoms with Crippen molar-refractivity contribution in [3.63, 3.8) is 0 Å². The quantitative estimate of drug-likeness (QED) is 0.717. The molecule has 2 heterocycles. The molecule has 3 nitrogen and oxygen atoms in total. The van der Waals surface area contributed by atoms with Crippen LogP contribution in [0.4, 0.5) is 4.39 Å². The third-order valence-corrected chi connectivity index (χ3v) is 5.48. The van der Waals surface area contributed by atoms with Gasteiger partial charge in [0.15, 0.2) is 0 Å². The monoisotopic (exact) mass is 394 g/mol. The van der Waals surface area contributed by atoms with Gasteiger partial charge in [-0.3, -0.25) is 4.79 Å². The number of carbonyl (C=O) groups is 1. The van der Waals surface area contributed by atoms with Crippen molar-refractivity contribution in [1.29, 1.82) is 0 Å². The molecule has 0 N–H and O–H groups in total. The Labute approximate surface area is 164 Å². The molecule has 0 atom stereocenters. The van der Waals surface area contributed by atoms with Crippen molar-refractivity contribution in [2.24, 2.45) is 0 Å². The molecule has 3 rings (SSSR count). The molecule has 1 saturated heterocycles. The molecule has 0 saturated carbocycles. The highest BCUT2D eigenvalue weighted by atomic mass is 35.5. The third-order valence-electron chi connectivity index (χ3n) is 4.80. The van der Waals surface area contributed by atoms with Crippen LogP contribution < -0.4 is 0 Å². The molecule has 2 aromatic rings. The molecule has 140 valence electrons. The lowest BCUT2D eigenvalue weighted by molar-refractivity contribution is -0.126. The topological polar surface area (TPSA) is 23.6 Å².